The third kappa shape index (κ3) is 2.67. The van der Waals surface area contributed by atoms with Crippen LogP contribution in [0.15, 0.2) is 48.5 Å². The molecule has 1 aromatic heterocycles. The minimum Gasteiger partial charge on any atom is -0.344 e. The Morgan fingerprint density at radius 3 is 2.50 bits per heavy atom. The number of carbonyl (C=O) groups is 1. The molecule has 0 unspecified atom stereocenters. The van der Waals surface area contributed by atoms with E-state index in [9.17, 15) is 4.79 Å². The van der Waals surface area contributed by atoms with Crippen molar-refractivity contribution in [2.24, 2.45) is 0 Å². The van der Waals surface area contributed by atoms with Crippen LogP contribution >= 0.6 is 11.6 Å². The zero-order valence-electron chi connectivity index (χ0n) is 12.8. The summed E-state index contributed by atoms with van der Waals surface area (Å²) in [5.41, 5.74) is 5.06. The molecule has 2 nitrogen and oxygen atoms in total. The van der Waals surface area contributed by atoms with Gasteiger partial charge in [-0.25, -0.2) is 0 Å². The largest absolute Gasteiger partial charge is 0.344 e. The van der Waals surface area contributed by atoms with Crippen LogP contribution in [0.1, 0.15) is 27.2 Å². The highest BCUT2D eigenvalue weighted by atomic mass is 35.5. The number of hydrogen-bond acceptors (Lipinski definition) is 1. The zero-order chi connectivity index (χ0) is 15.7. The molecular formula is C19H18ClNO. The van der Waals surface area contributed by atoms with Crippen LogP contribution in [-0.2, 0) is 13.0 Å². The summed E-state index contributed by atoms with van der Waals surface area (Å²) in [6.45, 7) is 4.83. The number of hydrogen-bond donors (Lipinski definition) is 0. The quantitative estimate of drug-likeness (QED) is 0.629. The molecule has 0 amide bonds. The first-order valence-electron chi connectivity index (χ1n) is 7.41. The van der Waals surface area contributed by atoms with Crippen LogP contribution < -0.4 is 0 Å². The van der Waals surface area contributed by atoms with E-state index in [1.165, 1.54) is 5.56 Å². The van der Waals surface area contributed by atoms with Gasteiger partial charge in [0.05, 0.1) is 5.56 Å². The van der Waals surface area contributed by atoms with Crippen LogP contribution in [-0.4, -0.2) is 9.81 Å². The molecule has 1 heterocycles. The van der Waals surface area contributed by atoms with E-state index in [1.54, 1.807) is 0 Å². The second-order valence-corrected chi connectivity index (χ2v) is 5.99. The van der Waals surface area contributed by atoms with Gasteiger partial charge in [0, 0.05) is 23.1 Å². The molecule has 0 radical (unpaired) electrons. The van der Waals surface area contributed by atoms with Gasteiger partial charge in [0.15, 0.2) is 0 Å². The fourth-order valence-electron chi connectivity index (χ4n) is 3.02. The average molecular weight is 312 g/mol. The highest BCUT2D eigenvalue weighted by molar-refractivity contribution is 6.68. The van der Waals surface area contributed by atoms with Gasteiger partial charge >= 0.3 is 0 Å². The maximum Gasteiger partial charge on any atom is 0.254 e. The van der Waals surface area contributed by atoms with Crippen molar-refractivity contribution in [1.29, 1.82) is 0 Å². The number of aromatic nitrogens is 1. The summed E-state index contributed by atoms with van der Waals surface area (Å²) in [5.74, 6) is 0. The smallest absolute Gasteiger partial charge is 0.254 e. The summed E-state index contributed by atoms with van der Waals surface area (Å²) >= 11 is 5.82. The van der Waals surface area contributed by atoms with E-state index in [2.05, 4.69) is 28.8 Å². The molecule has 0 aliphatic rings. The molecule has 2 aromatic carbocycles. The van der Waals surface area contributed by atoms with Gasteiger partial charge in [-0.05, 0) is 49.6 Å². The molecular weight excluding hydrogens is 294 g/mol. The van der Waals surface area contributed by atoms with Gasteiger partial charge in [-0.2, -0.15) is 0 Å². The molecule has 0 saturated carbocycles. The normalized spacial score (nSPS) is 11.0. The van der Waals surface area contributed by atoms with Crippen molar-refractivity contribution in [2.75, 3.05) is 0 Å². The number of fused-ring (bicyclic) bond motifs is 1. The maximum absolute atomic E-state index is 11.8. The SMILES string of the molecule is Cc1ccc2c(c1)c(C(=O)Cl)c(C)n2CCc1ccccc1. The predicted molar refractivity (Wildman–Crippen MR) is 91.7 cm³/mol. The summed E-state index contributed by atoms with van der Waals surface area (Å²) in [5, 5.41) is 0.567. The van der Waals surface area contributed by atoms with E-state index in [-0.39, 0.29) is 5.24 Å². The summed E-state index contributed by atoms with van der Waals surface area (Å²) in [6, 6.07) is 16.6. The Kier molecular flexibility index (Phi) is 4.04. The van der Waals surface area contributed by atoms with Crippen LogP contribution in [0.2, 0.25) is 0 Å². The van der Waals surface area contributed by atoms with Gasteiger partial charge in [0.1, 0.15) is 0 Å². The van der Waals surface area contributed by atoms with Crippen molar-refractivity contribution in [3.05, 3.63) is 70.9 Å². The Hall–Kier alpha value is -2.06. The van der Waals surface area contributed by atoms with Crippen LogP contribution in [0.5, 0.6) is 0 Å². The lowest BCUT2D eigenvalue weighted by Crippen LogP contribution is -2.04. The topological polar surface area (TPSA) is 22.0 Å². The Morgan fingerprint density at radius 1 is 1.09 bits per heavy atom. The summed E-state index contributed by atoms with van der Waals surface area (Å²) in [7, 11) is 0. The zero-order valence-corrected chi connectivity index (χ0v) is 13.5. The van der Waals surface area contributed by atoms with Crippen LogP contribution in [0.4, 0.5) is 0 Å². The molecule has 0 aliphatic heterocycles. The standard InChI is InChI=1S/C19H18ClNO/c1-13-8-9-17-16(12-13)18(19(20)22)14(2)21(17)11-10-15-6-4-3-5-7-15/h3-9,12H,10-11H2,1-2H3. The van der Waals surface area contributed by atoms with E-state index in [4.69, 9.17) is 11.6 Å². The first-order chi connectivity index (χ1) is 10.6. The molecule has 0 saturated heterocycles. The first kappa shape index (κ1) is 14.9. The summed E-state index contributed by atoms with van der Waals surface area (Å²) < 4.78 is 2.19. The number of halogens is 1. The molecule has 0 aliphatic carbocycles. The van der Waals surface area contributed by atoms with Crippen molar-refractivity contribution >= 4 is 27.7 Å². The number of aryl methyl sites for hydroxylation is 3. The second kappa shape index (κ2) is 5.98. The lowest BCUT2D eigenvalue weighted by atomic mass is 10.1. The van der Waals surface area contributed by atoms with Crippen molar-refractivity contribution in [1.82, 2.24) is 4.57 Å². The molecule has 3 rings (SSSR count). The highest BCUT2D eigenvalue weighted by Crippen LogP contribution is 2.28. The first-order valence-corrected chi connectivity index (χ1v) is 7.79. The Morgan fingerprint density at radius 2 is 1.82 bits per heavy atom. The van der Waals surface area contributed by atoms with E-state index >= 15 is 0 Å². The van der Waals surface area contributed by atoms with Crippen molar-refractivity contribution < 1.29 is 4.79 Å². The Labute approximate surface area is 135 Å². The van der Waals surface area contributed by atoms with Crippen LogP contribution in [0.25, 0.3) is 10.9 Å². The maximum atomic E-state index is 11.8. The molecule has 0 spiro atoms. The monoisotopic (exact) mass is 311 g/mol. The highest BCUT2D eigenvalue weighted by Gasteiger charge is 2.18. The Balaban J connectivity index is 2.05. The van der Waals surface area contributed by atoms with Gasteiger partial charge in [-0.3, -0.25) is 4.79 Å². The molecule has 112 valence electrons. The van der Waals surface area contributed by atoms with Gasteiger partial charge in [0.25, 0.3) is 5.24 Å². The fourth-order valence-corrected chi connectivity index (χ4v) is 3.26. The predicted octanol–water partition coefficient (Wildman–Crippen LogP) is 4.88. The minimum atomic E-state index is -0.383. The van der Waals surface area contributed by atoms with Crippen molar-refractivity contribution in [3.63, 3.8) is 0 Å². The van der Waals surface area contributed by atoms with Crippen molar-refractivity contribution in [3.8, 4) is 0 Å². The fraction of sp³-hybridized carbons (Fsp3) is 0.211. The van der Waals surface area contributed by atoms with Gasteiger partial charge in [-0.1, -0.05) is 42.0 Å². The Bertz CT molecular complexity index is 834. The summed E-state index contributed by atoms with van der Waals surface area (Å²) in [4.78, 5) is 11.8. The lowest BCUT2D eigenvalue weighted by molar-refractivity contribution is 0.108. The van der Waals surface area contributed by atoms with Gasteiger partial charge < -0.3 is 4.57 Å². The molecule has 0 bridgehead atoms. The van der Waals surface area contributed by atoms with Crippen LogP contribution in [0.3, 0.4) is 0 Å². The van der Waals surface area contributed by atoms with E-state index in [1.807, 2.05) is 38.1 Å². The van der Waals surface area contributed by atoms with Crippen molar-refractivity contribution in [2.45, 2.75) is 26.8 Å². The third-order valence-corrected chi connectivity index (χ3v) is 4.33. The number of carbonyl (C=O) groups excluding carboxylic acids is 1. The van der Waals surface area contributed by atoms with Gasteiger partial charge in [0.2, 0.25) is 0 Å². The lowest BCUT2D eigenvalue weighted by Gasteiger charge is -2.08. The van der Waals surface area contributed by atoms with E-state index < -0.39 is 0 Å². The second-order valence-electron chi connectivity index (χ2n) is 5.64. The van der Waals surface area contributed by atoms with E-state index in [0.29, 0.717) is 5.56 Å². The van der Waals surface area contributed by atoms with Gasteiger partial charge in [-0.15, -0.1) is 0 Å². The minimum absolute atomic E-state index is 0.383. The molecule has 22 heavy (non-hydrogen) atoms. The molecule has 3 heteroatoms. The third-order valence-electron chi connectivity index (χ3n) is 4.14. The van der Waals surface area contributed by atoms with Crippen LogP contribution in [0, 0.1) is 13.8 Å². The molecule has 0 fully saturated rings. The number of rotatable bonds is 4. The van der Waals surface area contributed by atoms with E-state index in [0.717, 1.165) is 35.1 Å². The molecule has 3 aromatic rings. The molecule has 0 atom stereocenters. The molecule has 0 N–H and O–H groups in total. The number of nitrogens with zero attached hydrogens (tertiary/aromatic N) is 1. The number of benzene rings is 2. The average Bonchev–Trinajstić information content (AvgIpc) is 2.77. The summed E-state index contributed by atoms with van der Waals surface area (Å²) in [6.07, 6.45) is 0.926.